The average molecular weight is 288 g/mol. The zero-order valence-electron chi connectivity index (χ0n) is 12.0. The molecular formula is C16H17FN2O2. The van der Waals surface area contributed by atoms with Gasteiger partial charge in [0.15, 0.2) is 0 Å². The molecule has 0 saturated heterocycles. The summed E-state index contributed by atoms with van der Waals surface area (Å²) < 4.78 is 17.9. The lowest BCUT2D eigenvalue weighted by Gasteiger charge is -2.17. The molecule has 0 bridgehead atoms. The Kier molecular flexibility index (Phi) is 4.87. The number of hydrogen-bond donors (Lipinski definition) is 1. The summed E-state index contributed by atoms with van der Waals surface area (Å²) in [6, 6.07) is 9.91. The number of anilines is 1. The number of pyridine rings is 1. The summed E-state index contributed by atoms with van der Waals surface area (Å²) in [4.78, 5) is 15.9. The minimum atomic E-state index is -0.377. The Hall–Kier alpha value is -2.43. The molecule has 21 heavy (non-hydrogen) atoms. The van der Waals surface area contributed by atoms with Crippen molar-refractivity contribution < 1.29 is 13.9 Å². The number of aromatic nitrogens is 1. The van der Waals surface area contributed by atoms with Gasteiger partial charge < -0.3 is 10.1 Å². The predicted octanol–water partition coefficient (Wildman–Crippen LogP) is 3.57. The highest BCUT2D eigenvalue weighted by Gasteiger charge is 2.14. The number of para-hydroxylation sites is 1. The zero-order chi connectivity index (χ0) is 15.2. The second-order valence-electron chi connectivity index (χ2n) is 4.53. The molecular weight excluding hydrogens is 271 g/mol. The lowest BCUT2D eigenvalue weighted by atomic mass is 10.1. The van der Waals surface area contributed by atoms with Crippen LogP contribution < -0.4 is 5.32 Å². The summed E-state index contributed by atoms with van der Waals surface area (Å²) in [6.45, 7) is 3.98. The first-order chi connectivity index (χ1) is 10.1. The van der Waals surface area contributed by atoms with Crippen LogP contribution in [0.5, 0.6) is 0 Å². The van der Waals surface area contributed by atoms with Crippen LogP contribution in [0.15, 0.2) is 42.6 Å². The zero-order valence-corrected chi connectivity index (χ0v) is 12.0. The van der Waals surface area contributed by atoms with Crippen molar-refractivity contribution in [3.05, 3.63) is 59.7 Å². The van der Waals surface area contributed by atoms with Gasteiger partial charge in [0.1, 0.15) is 5.82 Å². The van der Waals surface area contributed by atoms with E-state index in [2.05, 4.69) is 10.3 Å². The smallest absolute Gasteiger partial charge is 0.340 e. The minimum Gasteiger partial charge on any atom is -0.462 e. The standard InChI is InChI=1S/C16H17FN2O2/c1-3-21-16(20)13-6-4-5-7-15(13)19-11(2)14-9-8-12(17)10-18-14/h4-11,19H,3H2,1-2H3. The van der Waals surface area contributed by atoms with Crippen molar-refractivity contribution in [1.82, 2.24) is 4.98 Å². The van der Waals surface area contributed by atoms with Gasteiger partial charge in [0.05, 0.1) is 30.1 Å². The fourth-order valence-corrected chi connectivity index (χ4v) is 1.95. The number of esters is 1. The maximum atomic E-state index is 12.9. The third kappa shape index (κ3) is 3.78. The van der Waals surface area contributed by atoms with Gasteiger partial charge >= 0.3 is 5.97 Å². The second-order valence-corrected chi connectivity index (χ2v) is 4.53. The molecule has 1 N–H and O–H groups in total. The molecule has 0 amide bonds. The van der Waals surface area contributed by atoms with E-state index in [9.17, 15) is 9.18 Å². The van der Waals surface area contributed by atoms with Crippen molar-refractivity contribution >= 4 is 11.7 Å². The van der Waals surface area contributed by atoms with Gasteiger partial charge in [-0.1, -0.05) is 12.1 Å². The Morgan fingerprint density at radius 1 is 1.33 bits per heavy atom. The van der Waals surface area contributed by atoms with Crippen molar-refractivity contribution in [3.8, 4) is 0 Å². The van der Waals surface area contributed by atoms with Gasteiger partial charge in [-0.05, 0) is 38.1 Å². The Morgan fingerprint density at radius 3 is 2.76 bits per heavy atom. The van der Waals surface area contributed by atoms with Crippen molar-refractivity contribution in [2.45, 2.75) is 19.9 Å². The first-order valence-electron chi connectivity index (χ1n) is 6.76. The number of nitrogens with one attached hydrogen (secondary N) is 1. The van der Waals surface area contributed by atoms with Crippen LogP contribution in [-0.2, 0) is 4.74 Å². The maximum Gasteiger partial charge on any atom is 0.340 e. The molecule has 0 fully saturated rings. The highest BCUT2D eigenvalue weighted by Crippen LogP contribution is 2.22. The van der Waals surface area contributed by atoms with Crippen molar-refractivity contribution in [1.29, 1.82) is 0 Å². The van der Waals surface area contributed by atoms with Gasteiger partial charge in [-0.3, -0.25) is 4.98 Å². The number of carbonyl (C=O) groups excluding carboxylic acids is 1. The van der Waals surface area contributed by atoms with E-state index >= 15 is 0 Å². The Morgan fingerprint density at radius 2 is 2.10 bits per heavy atom. The van der Waals surface area contributed by atoms with E-state index in [1.54, 1.807) is 31.2 Å². The number of hydrogen-bond acceptors (Lipinski definition) is 4. The molecule has 110 valence electrons. The summed E-state index contributed by atoms with van der Waals surface area (Å²) in [5.74, 6) is -0.752. The molecule has 0 radical (unpaired) electrons. The summed E-state index contributed by atoms with van der Waals surface area (Å²) in [6.07, 6.45) is 1.17. The van der Waals surface area contributed by atoms with Crippen LogP contribution in [0.4, 0.5) is 10.1 Å². The van der Waals surface area contributed by atoms with Gasteiger partial charge in [0, 0.05) is 5.69 Å². The van der Waals surface area contributed by atoms with Crippen molar-refractivity contribution in [2.75, 3.05) is 11.9 Å². The lowest BCUT2D eigenvalue weighted by Crippen LogP contribution is -2.13. The van der Waals surface area contributed by atoms with Gasteiger partial charge in [-0.2, -0.15) is 0 Å². The highest BCUT2D eigenvalue weighted by atomic mass is 19.1. The van der Waals surface area contributed by atoms with Gasteiger partial charge in [0.25, 0.3) is 0 Å². The van der Waals surface area contributed by atoms with Gasteiger partial charge in [-0.15, -0.1) is 0 Å². The van der Waals surface area contributed by atoms with Crippen LogP contribution in [0.2, 0.25) is 0 Å². The van der Waals surface area contributed by atoms with E-state index in [4.69, 9.17) is 4.74 Å². The number of carbonyl (C=O) groups is 1. The second kappa shape index (κ2) is 6.83. The first-order valence-corrected chi connectivity index (χ1v) is 6.76. The predicted molar refractivity (Wildman–Crippen MR) is 78.6 cm³/mol. The molecule has 0 aliphatic rings. The van der Waals surface area contributed by atoms with Crippen LogP contribution in [0, 0.1) is 5.82 Å². The number of nitrogens with zero attached hydrogens (tertiary/aromatic N) is 1. The maximum absolute atomic E-state index is 12.9. The van der Waals surface area contributed by atoms with Crippen LogP contribution in [-0.4, -0.2) is 17.6 Å². The topological polar surface area (TPSA) is 51.2 Å². The summed E-state index contributed by atoms with van der Waals surface area (Å²) in [5, 5.41) is 3.20. The molecule has 0 spiro atoms. The average Bonchev–Trinajstić information content (AvgIpc) is 2.48. The molecule has 1 aromatic carbocycles. The number of ether oxygens (including phenoxy) is 1. The fraction of sp³-hybridized carbons (Fsp3) is 0.250. The molecule has 1 atom stereocenters. The van der Waals surface area contributed by atoms with E-state index < -0.39 is 0 Å². The van der Waals surface area contributed by atoms with E-state index in [0.29, 0.717) is 23.6 Å². The Labute approximate surface area is 123 Å². The molecule has 0 saturated carbocycles. The molecule has 0 aliphatic carbocycles. The number of rotatable bonds is 5. The molecule has 2 rings (SSSR count). The molecule has 2 aromatic rings. The quantitative estimate of drug-likeness (QED) is 0.855. The number of benzene rings is 1. The molecule has 4 nitrogen and oxygen atoms in total. The van der Waals surface area contributed by atoms with E-state index in [0.717, 1.165) is 0 Å². The first kappa shape index (κ1) is 15.0. The molecule has 1 heterocycles. The van der Waals surface area contributed by atoms with Crippen LogP contribution >= 0.6 is 0 Å². The van der Waals surface area contributed by atoms with Gasteiger partial charge in [-0.25, -0.2) is 9.18 Å². The SMILES string of the molecule is CCOC(=O)c1ccccc1NC(C)c1ccc(F)cn1. The van der Waals surface area contributed by atoms with E-state index in [-0.39, 0.29) is 17.8 Å². The van der Waals surface area contributed by atoms with E-state index in [1.807, 2.05) is 13.0 Å². The van der Waals surface area contributed by atoms with Crippen LogP contribution in [0.3, 0.4) is 0 Å². The molecule has 5 heteroatoms. The Bertz CT molecular complexity index is 614. The fourth-order valence-electron chi connectivity index (χ4n) is 1.95. The third-order valence-electron chi connectivity index (χ3n) is 2.99. The molecule has 0 aliphatic heterocycles. The van der Waals surface area contributed by atoms with E-state index in [1.165, 1.54) is 12.3 Å². The normalized spacial score (nSPS) is 11.8. The summed E-state index contributed by atoms with van der Waals surface area (Å²) in [5.41, 5.74) is 1.82. The monoisotopic (exact) mass is 288 g/mol. The summed E-state index contributed by atoms with van der Waals surface area (Å²) in [7, 11) is 0. The van der Waals surface area contributed by atoms with Gasteiger partial charge in [0.2, 0.25) is 0 Å². The lowest BCUT2D eigenvalue weighted by molar-refractivity contribution is 0.0527. The largest absolute Gasteiger partial charge is 0.462 e. The van der Waals surface area contributed by atoms with Crippen LogP contribution in [0.25, 0.3) is 0 Å². The summed E-state index contributed by atoms with van der Waals surface area (Å²) >= 11 is 0. The van der Waals surface area contributed by atoms with Crippen molar-refractivity contribution in [2.24, 2.45) is 0 Å². The Balaban J connectivity index is 2.19. The third-order valence-corrected chi connectivity index (χ3v) is 2.99. The van der Waals surface area contributed by atoms with Crippen LogP contribution in [0.1, 0.15) is 35.9 Å². The highest BCUT2D eigenvalue weighted by molar-refractivity contribution is 5.95. The molecule has 1 aromatic heterocycles. The molecule has 1 unspecified atom stereocenters. The van der Waals surface area contributed by atoms with Crippen molar-refractivity contribution in [3.63, 3.8) is 0 Å². The number of halogens is 1. The minimum absolute atomic E-state index is 0.166.